The maximum absolute atomic E-state index is 13.9. The number of rotatable bonds is 7. The van der Waals surface area contributed by atoms with Gasteiger partial charge in [-0.1, -0.05) is 18.2 Å². The Balaban J connectivity index is 3.24. The maximum atomic E-state index is 13.9. The number of sulfonamides is 1. The van der Waals surface area contributed by atoms with Crippen LogP contribution in [-0.4, -0.2) is 25.8 Å². The van der Waals surface area contributed by atoms with Gasteiger partial charge in [0.2, 0.25) is 10.0 Å². The zero-order chi connectivity index (χ0) is 14.5. The van der Waals surface area contributed by atoms with Crippen LogP contribution in [0.1, 0.15) is 5.56 Å². The second-order valence-electron chi connectivity index (χ2n) is 3.87. The van der Waals surface area contributed by atoms with Crippen LogP contribution in [0.25, 0.3) is 0 Å². The molecule has 4 nitrogen and oxygen atoms in total. The van der Waals surface area contributed by atoms with Gasteiger partial charge in [-0.2, -0.15) is 4.31 Å². The summed E-state index contributed by atoms with van der Waals surface area (Å²) in [5.41, 5.74) is 5.92. The van der Waals surface area contributed by atoms with E-state index in [0.717, 1.165) is 10.4 Å². The molecular formula is C13H17FN2O2S. The van der Waals surface area contributed by atoms with Crippen LogP contribution in [0, 0.1) is 5.82 Å². The van der Waals surface area contributed by atoms with E-state index in [1.165, 1.54) is 24.3 Å². The monoisotopic (exact) mass is 284 g/mol. The molecule has 0 atom stereocenters. The molecule has 0 aliphatic rings. The molecular weight excluding hydrogens is 267 g/mol. The molecule has 0 aliphatic heterocycles. The normalized spacial score (nSPS) is 11.5. The highest BCUT2D eigenvalue weighted by atomic mass is 32.2. The van der Waals surface area contributed by atoms with Crippen LogP contribution in [-0.2, 0) is 16.6 Å². The predicted molar refractivity (Wildman–Crippen MR) is 73.4 cm³/mol. The molecule has 0 radical (unpaired) electrons. The van der Waals surface area contributed by atoms with Gasteiger partial charge < -0.3 is 5.73 Å². The Hall–Kier alpha value is -1.50. The lowest BCUT2D eigenvalue weighted by atomic mass is 10.2. The van der Waals surface area contributed by atoms with Crippen molar-refractivity contribution in [2.45, 2.75) is 11.4 Å². The van der Waals surface area contributed by atoms with Crippen LogP contribution in [0.4, 0.5) is 4.39 Å². The zero-order valence-corrected chi connectivity index (χ0v) is 11.4. The van der Waals surface area contributed by atoms with E-state index in [9.17, 15) is 12.8 Å². The summed E-state index contributed by atoms with van der Waals surface area (Å²) < 4.78 is 39.5. The third-order valence-electron chi connectivity index (χ3n) is 2.52. The van der Waals surface area contributed by atoms with Crippen molar-refractivity contribution in [1.29, 1.82) is 0 Å². The van der Waals surface area contributed by atoms with Gasteiger partial charge >= 0.3 is 0 Å². The molecule has 19 heavy (non-hydrogen) atoms. The fraction of sp³-hybridized carbons (Fsp3) is 0.231. The Morgan fingerprint density at radius 2 is 1.84 bits per heavy atom. The van der Waals surface area contributed by atoms with Crippen molar-refractivity contribution >= 4 is 10.0 Å². The van der Waals surface area contributed by atoms with E-state index in [-0.39, 0.29) is 24.5 Å². The van der Waals surface area contributed by atoms with E-state index in [1.807, 2.05) is 0 Å². The van der Waals surface area contributed by atoms with E-state index in [0.29, 0.717) is 5.56 Å². The first-order valence-electron chi connectivity index (χ1n) is 5.67. The number of halogens is 1. The molecule has 0 spiro atoms. The maximum Gasteiger partial charge on any atom is 0.246 e. The molecule has 0 unspecified atom stereocenters. The molecule has 0 saturated carbocycles. The molecule has 104 valence electrons. The van der Waals surface area contributed by atoms with Gasteiger partial charge in [-0.25, -0.2) is 12.8 Å². The molecule has 0 bridgehead atoms. The summed E-state index contributed by atoms with van der Waals surface area (Å²) in [6, 6.07) is 3.86. The third kappa shape index (κ3) is 3.50. The number of nitrogens with two attached hydrogens (primary N) is 1. The van der Waals surface area contributed by atoms with E-state index in [1.54, 1.807) is 0 Å². The third-order valence-corrected chi connectivity index (χ3v) is 4.38. The molecule has 6 heteroatoms. The second kappa shape index (κ2) is 6.60. The summed E-state index contributed by atoms with van der Waals surface area (Å²) in [4.78, 5) is -0.367. The predicted octanol–water partition coefficient (Wildman–Crippen LogP) is 1.65. The van der Waals surface area contributed by atoms with Gasteiger partial charge in [0.05, 0.1) is 0 Å². The van der Waals surface area contributed by atoms with Crippen LogP contribution in [0.15, 0.2) is 48.4 Å². The highest BCUT2D eigenvalue weighted by Gasteiger charge is 2.25. The van der Waals surface area contributed by atoms with Crippen LogP contribution < -0.4 is 5.73 Å². The lowest BCUT2D eigenvalue weighted by molar-refractivity contribution is 0.466. The molecule has 0 fully saturated rings. The summed E-state index contributed by atoms with van der Waals surface area (Å²) in [5.74, 6) is -0.805. The highest BCUT2D eigenvalue weighted by molar-refractivity contribution is 7.89. The number of hydrogen-bond acceptors (Lipinski definition) is 3. The molecule has 2 N–H and O–H groups in total. The molecule has 0 aromatic heterocycles. The quantitative estimate of drug-likeness (QED) is 0.774. The fourth-order valence-electron chi connectivity index (χ4n) is 1.58. The van der Waals surface area contributed by atoms with E-state index < -0.39 is 15.8 Å². The topological polar surface area (TPSA) is 63.4 Å². The van der Waals surface area contributed by atoms with E-state index in [4.69, 9.17) is 5.73 Å². The summed E-state index contributed by atoms with van der Waals surface area (Å²) in [6.45, 7) is 7.31. The lowest BCUT2D eigenvalue weighted by Gasteiger charge is -2.19. The molecule has 0 amide bonds. The Bertz CT molecular complexity index is 560. The number of nitrogens with zero attached hydrogens (tertiary/aromatic N) is 1. The first kappa shape index (κ1) is 15.6. The Kier molecular flexibility index (Phi) is 5.41. The van der Waals surface area contributed by atoms with Gasteiger partial charge in [-0.05, 0) is 17.7 Å². The van der Waals surface area contributed by atoms with Gasteiger partial charge in [0.15, 0.2) is 0 Å². The summed E-state index contributed by atoms with van der Waals surface area (Å²) in [5, 5.41) is 0. The van der Waals surface area contributed by atoms with E-state index in [2.05, 4.69) is 13.2 Å². The van der Waals surface area contributed by atoms with Crippen LogP contribution in [0.3, 0.4) is 0 Å². The smallest absolute Gasteiger partial charge is 0.246 e. The van der Waals surface area contributed by atoms with Crippen molar-refractivity contribution in [1.82, 2.24) is 4.31 Å². The Morgan fingerprint density at radius 3 is 2.26 bits per heavy atom. The molecule has 0 heterocycles. The first-order valence-corrected chi connectivity index (χ1v) is 7.11. The molecule has 1 aromatic carbocycles. The van der Waals surface area contributed by atoms with Gasteiger partial charge in [0, 0.05) is 19.6 Å². The van der Waals surface area contributed by atoms with E-state index >= 15 is 0 Å². The van der Waals surface area contributed by atoms with Gasteiger partial charge in [0.25, 0.3) is 0 Å². The van der Waals surface area contributed by atoms with Crippen LogP contribution >= 0.6 is 0 Å². The van der Waals surface area contributed by atoms with Crippen molar-refractivity contribution in [2.24, 2.45) is 5.73 Å². The van der Waals surface area contributed by atoms with Gasteiger partial charge in [-0.3, -0.25) is 0 Å². The SMILES string of the molecule is C=CCN(CC=C)S(=O)(=O)c1ccc(CN)cc1F. The minimum absolute atomic E-state index is 0.0897. The standard InChI is InChI=1S/C13H17FN2O2S/c1-3-7-16(8-4-2)19(17,18)13-6-5-11(10-15)9-12(13)14/h3-6,9H,1-2,7-8,10,15H2. The lowest BCUT2D eigenvalue weighted by Crippen LogP contribution is -2.32. The van der Waals surface area contributed by atoms with Crippen LogP contribution in [0.5, 0.6) is 0 Å². The first-order chi connectivity index (χ1) is 8.97. The fourth-order valence-corrected chi connectivity index (χ4v) is 3.01. The van der Waals surface area contributed by atoms with Crippen molar-refractivity contribution in [3.05, 3.63) is 54.9 Å². The Morgan fingerprint density at radius 1 is 1.26 bits per heavy atom. The molecule has 0 aliphatic carbocycles. The van der Waals surface area contributed by atoms with Crippen LogP contribution in [0.2, 0.25) is 0 Å². The highest BCUT2D eigenvalue weighted by Crippen LogP contribution is 2.20. The zero-order valence-electron chi connectivity index (χ0n) is 10.5. The minimum atomic E-state index is -3.91. The molecule has 0 saturated heterocycles. The number of benzene rings is 1. The van der Waals surface area contributed by atoms with Gasteiger partial charge in [0.1, 0.15) is 10.7 Å². The average Bonchev–Trinajstić information content (AvgIpc) is 2.38. The largest absolute Gasteiger partial charge is 0.326 e. The molecule has 1 rings (SSSR count). The summed E-state index contributed by atoms with van der Waals surface area (Å²) in [6.07, 6.45) is 2.88. The Labute approximate surface area is 113 Å². The molecule has 1 aromatic rings. The average molecular weight is 284 g/mol. The summed E-state index contributed by atoms with van der Waals surface area (Å²) >= 11 is 0. The number of hydrogen-bond donors (Lipinski definition) is 1. The van der Waals surface area contributed by atoms with Crippen molar-refractivity contribution < 1.29 is 12.8 Å². The summed E-state index contributed by atoms with van der Waals surface area (Å²) in [7, 11) is -3.91. The minimum Gasteiger partial charge on any atom is -0.326 e. The van der Waals surface area contributed by atoms with Crippen molar-refractivity contribution in [2.75, 3.05) is 13.1 Å². The van der Waals surface area contributed by atoms with Crippen molar-refractivity contribution in [3.8, 4) is 0 Å². The second-order valence-corrected chi connectivity index (χ2v) is 5.77. The van der Waals surface area contributed by atoms with Crippen molar-refractivity contribution in [3.63, 3.8) is 0 Å². The van der Waals surface area contributed by atoms with Gasteiger partial charge in [-0.15, -0.1) is 13.2 Å².